The maximum atomic E-state index is 13.6. The molecule has 1 fully saturated rings. The van der Waals surface area contributed by atoms with Gasteiger partial charge in [-0.2, -0.15) is 0 Å². The van der Waals surface area contributed by atoms with Crippen LogP contribution in [-0.4, -0.2) is 34.0 Å². The van der Waals surface area contributed by atoms with Crippen molar-refractivity contribution in [3.05, 3.63) is 90.0 Å². The smallest absolute Gasteiger partial charge is 0.264 e. The Morgan fingerprint density at radius 1 is 0.943 bits per heavy atom. The lowest BCUT2D eigenvalue weighted by Crippen LogP contribution is -2.42. The number of anilines is 2. The van der Waals surface area contributed by atoms with Gasteiger partial charge >= 0.3 is 0 Å². The first-order chi connectivity index (χ1) is 16.9. The minimum absolute atomic E-state index is 0.157. The first-order valence-electron chi connectivity index (χ1n) is 12.2. The Labute approximate surface area is 208 Å². The van der Waals surface area contributed by atoms with Crippen molar-refractivity contribution in [1.82, 2.24) is 5.32 Å². The van der Waals surface area contributed by atoms with E-state index in [4.69, 9.17) is 0 Å². The summed E-state index contributed by atoms with van der Waals surface area (Å²) in [4.78, 5) is 15.7. The minimum atomic E-state index is -3.93. The summed E-state index contributed by atoms with van der Waals surface area (Å²) in [6.45, 7) is 5.75. The van der Waals surface area contributed by atoms with Crippen LogP contribution in [0.5, 0.6) is 0 Å². The van der Waals surface area contributed by atoms with Crippen LogP contribution in [0.3, 0.4) is 0 Å². The molecule has 1 atom stereocenters. The van der Waals surface area contributed by atoms with E-state index in [1.807, 2.05) is 38.1 Å². The zero-order valence-electron chi connectivity index (χ0n) is 20.4. The van der Waals surface area contributed by atoms with Crippen LogP contribution in [0, 0.1) is 0 Å². The van der Waals surface area contributed by atoms with E-state index in [0.717, 1.165) is 24.2 Å². The molecule has 6 nitrogen and oxygen atoms in total. The molecule has 1 unspecified atom stereocenters. The Hall–Kier alpha value is -3.32. The largest absolute Gasteiger partial charge is 0.372 e. The second-order valence-corrected chi connectivity index (χ2v) is 10.7. The molecular formula is C28H33N3O3S. The molecule has 1 N–H and O–H groups in total. The van der Waals surface area contributed by atoms with Crippen molar-refractivity contribution in [3.63, 3.8) is 0 Å². The highest BCUT2D eigenvalue weighted by molar-refractivity contribution is 7.92. The first-order valence-corrected chi connectivity index (χ1v) is 13.6. The fourth-order valence-electron chi connectivity index (χ4n) is 4.52. The van der Waals surface area contributed by atoms with Crippen molar-refractivity contribution in [2.75, 3.05) is 28.8 Å². The summed E-state index contributed by atoms with van der Waals surface area (Å²) in [5.74, 6) is -0.355. The number of amides is 1. The summed E-state index contributed by atoms with van der Waals surface area (Å²) in [6, 6.07) is 23.6. The molecule has 0 aromatic heterocycles. The summed E-state index contributed by atoms with van der Waals surface area (Å²) in [6.07, 6.45) is 3.09. The normalized spacial score (nSPS) is 14.5. The predicted molar refractivity (Wildman–Crippen MR) is 141 cm³/mol. The summed E-state index contributed by atoms with van der Waals surface area (Å²) in [7, 11) is -3.93. The monoisotopic (exact) mass is 491 g/mol. The number of para-hydroxylation sites is 1. The van der Waals surface area contributed by atoms with Gasteiger partial charge in [0.05, 0.1) is 16.6 Å². The third-order valence-electron chi connectivity index (χ3n) is 6.50. The van der Waals surface area contributed by atoms with Crippen molar-refractivity contribution in [3.8, 4) is 0 Å². The van der Waals surface area contributed by atoms with E-state index in [2.05, 4.69) is 22.3 Å². The van der Waals surface area contributed by atoms with Gasteiger partial charge < -0.3 is 10.2 Å². The zero-order valence-corrected chi connectivity index (χ0v) is 21.2. The second-order valence-electron chi connectivity index (χ2n) is 8.88. The number of benzene rings is 3. The van der Waals surface area contributed by atoms with Crippen LogP contribution >= 0.6 is 0 Å². The molecule has 0 spiro atoms. The van der Waals surface area contributed by atoms with Gasteiger partial charge in [-0.3, -0.25) is 9.10 Å². The van der Waals surface area contributed by atoms with Crippen LogP contribution in [0.15, 0.2) is 83.8 Å². The van der Waals surface area contributed by atoms with E-state index in [0.29, 0.717) is 12.1 Å². The highest BCUT2D eigenvalue weighted by Gasteiger charge is 2.29. The first kappa shape index (κ1) is 24.8. The SMILES string of the molecule is CCc1ccccc1N(CC(=O)NC(C)c1ccc(N2CCCC2)cc1)S(=O)(=O)c1ccccc1. The molecule has 1 amide bonds. The minimum Gasteiger partial charge on any atom is -0.372 e. The maximum absolute atomic E-state index is 13.6. The van der Waals surface area contributed by atoms with Crippen molar-refractivity contribution in [2.45, 2.75) is 44.0 Å². The molecule has 0 bridgehead atoms. The van der Waals surface area contributed by atoms with E-state index in [-0.39, 0.29) is 23.4 Å². The molecule has 0 radical (unpaired) electrons. The summed E-state index contributed by atoms with van der Waals surface area (Å²) in [5, 5.41) is 2.99. The molecule has 1 heterocycles. The maximum Gasteiger partial charge on any atom is 0.264 e. The van der Waals surface area contributed by atoms with Gasteiger partial charge in [-0.25, -0.2) is 8.42 Å². The fraction of sp³-hybridized carbons (Fsp3) is 0.321. The molecule has 4 rings (SSSR count). The van der Waals surface area contributed by atoms with Crippen LogP contribution in [0.25, 0.3) is 0 Å². The van der Waals surface area contributed by atoms with Gasteiger partial charge in [-0.05, 0) is 67.6 Å². The summed E-state index contributed by atoms with van der Waals surface area (Å²) in [5.41, 5.74) is 3.57. The van der Waals surface area contributed by atoms with Gasteiger partial charge in [-0.1, -0.05) is 55.5 Å². The average Bonchev–Trinajstić information content (AvgIpc) is 3.43. The third-order valence-corrected chi connectivity index (χ3v) is 8.28. The number of aryl methyl sites for hydroxylation is 1. The average molecular weight is 492 g/mol. The Kier molecular flexibility index (Phi) is 7.76. The molecule has 0 aliphatic carbocycles. The Morgan fingerprint density at radius 3 is 2.23 bits per heavy atom. The van der Waals surface area contributed by atoms with Gasteiger partial charge in [-0.15, -0.1) is 0 Å². The van der Waals surface area contributed by atoms with Gasteiger partial charge in [0, 0.05) is 18.8 Å². The number of nitrogens with one attached hydrogen (secondary N) is 1. The van der Waals surface area contributed by atoms with Gasteiger partial charge in [0.25, 0.3) is 10.0 Å². The molecule has 1 aliphatic heterocycles. The standard InChI is InChI=1S/C28H33N3O3S/c1-3-23-11-7-8-14-27(23)31(35(33,34)26-12-5-4-6-13-26)21-28(32)29-22(2)24-15-17-25(18-16-24)30-19-9-10-20-30/h4-8,11-18,22H,3,9-10,19-21H2,1-2H3,(H,29,32). The molecule has 184 valence electrons. The van der Waals surface area contributed by atoms with E-state index in [1.165, 1.54) is 22.8 Å². The van der Waals surface area contributed by atoms with Crippen LogP contribution < -0.4 is 14.5 Å². The van der Waals surface area contributed by atoms with Crippen LogP contribution in [0.2, 0.25) is 0 Å². The lowest BCUT2D eigenvalue weighted by Gasteiger charge is -2.27. The molecule has 0 saturated carbocycles. The van der Waals surface area contributed by atoms with Crippen LogP contribution in [0.1, 0.15) is 43.9 Å². The highest BCUT2D eigenvalue weighted by Crippen LogP contribution is 2.28. The Bertz CT molecular complexity index is 1240. The topological polar surface area (TPSA) is 69.7 Å². The van der Waals surface area contributed by atoms with E-state index in [9.17, 15) is 13.2 Å². The second kappa shape index (κ2) is 11.0. The Morgan fingerprint density at radius 2 is 1.57 bits per heavy atom. The quantitative estimate of drug-likeness (QED) is 0.461. The van der Waals surface area contributed by atoms with E-state index in [1.54, 1.807) is 42.5 Å². The lowest BCUT2D eigenvalue weighted by molar-refractivity contribution is -0.120. The molecule has 1 aliphatic rings. The zero-order chi connectivity index (χ0) is 24.8. The summed E-state index contributed by atoms with van der Waals surface area (Å²) < 4.78 is 28.4. The van der Waals surface area contributed by atoms with E-state index >= 15 is 0 Å². The molecule has 3 aromatic rings. The third kappa shape index (κ3) is 5.68. The highest BCUT2D eigenvalue weighted by atomic mass is 32.2. The Balaban J connectivity index is 1.54. The number of sulfonamides is 1. The number of hydrogen-bond donors (Lipinski definition) is 1. The predicted octanol–water partition coefficient (Wildman–Crippen LogP) is 4.92. The van der Waals surface area contributed by atoms with Crippen LogP contribution in [-0.2, 0) is 21.2 Å². The lowest BCUT2D eigenvalue weighted by atomic mass is 10.1. The number of nitrogens with zero attached hydrogens (tertiary/aromatic N) is 2. The van der Waals surface area contributed by atoms with Crippen molar-refractivity contribution in [1.29, 1.82) is 0 Å². The van der Waals surface area contributed by atoms with Gasteiger partial charge in [0.1, 0.15) is 6.54 Å². The van der Waals surface area contributed by atoms with Crippen LogP contribution in [0.4, 0.5) is 11.4 Å². The summed E-state index contributed by atoms with van der Waals surface area (Å²) >= 11 is 0. The van der Waals surface area contributed by atoms with Gasteiger partial charge in [0.15, 0.2) is 0 Å². The molecule has 7 heteroatoms. The molecule has 3 aromatic carbocycles. The van der Waals surface area contributed by atoms with Crippen molar-refractivity contribution < 1.29 is 13.2 Å². The molecule has 35 heavy (non-hydrogen) atoms. The van der Waals surface area contributed by atoms with Crippen molar-refractivity contribution >= 4 is 27.3 Å². The van der Waals surface area contributed by atoms with E-state index < -0.39 is 10.0 Å². The molecule has 1 saturated heterocycles. The number of carbonyl (C=O) groups excluding carboxylic acids is 1. The number of hydrogen-bond acceptors (Lipinski definition) is 4. The number of carbonyl (C=O) groups is 1. The fourth-order valence-corrected chi connectivity index (χ4v) is 6.00. The van der Waals surface area contributed by atoms with Gasteiger partial charge in [0.2, 0.25) is 5.91 Å². The van der Waals surface area contributed by atoms with Crippen molar-refractivity contribution in [2.24, 2.45) is 0 Å². The molecular weight excluding hydrogens is 458 g/mol. The number of rotatable bonds is 9.